The van der Waals surface area contributed by atoms with E-state index in [0.717, 1.165) is 43.4 Å². The van der Waals surface area contributed by atoms with Crippen LogP contribution in [-0.4, -0.2) is 0 Å². The van der Waals surface area contributed by atoms with Gasteiger partial charge in [-0.15, -0.1) is 0 Å². The Hall–Kier alpha value is -6.18. The topological polar surface area (TPSA) is 13.1 Å². The van der Waals surface area contributed by atoms with Crippen molar-refractivity contribution in [3.63, 3.8) is 0 Å². The molecule has 0 unspecified atom stereocenters. The highest BCUT2D eigenvalue weighted by Crippen LogP contribution is 2.45. The standard InChI is InChI=1S/C46H28O/c1-2-11-30-24-34(21-20-29(30)10-1)31-14-9-15-35(25-31)45-37-16-5-7-18-39(37)46(40-19-8-6-17-38(40)45)36-22-23-43-41(27-36)42-26-32-12-3-4-13-33(32)28-44(42)47-43/h1-28H/i5D,6D,7D,8D,16D,17D,18D,19D. The Labute approximate surface area is 283 Å². The summed E-state index contributed by atoms with van der Waals surface area (Å²) < 4.78 is 79.1. The summed E-state index contributed by atoms with van der Waals surface area (Å²) in [5.41, 5.74) is 4.80. The third-order valence-electron chi connectivity index (χ3n) is 9.24. The second-order valence-electron chi connectivity index (χ2n) is 11.9. The number of furan rings is 1. The predicted octanol–water partition coefficient (Wildman–Crippen LogP) is 13.2. The van der Waals surface area contributed by atoms with Crippen molar-refractivity contribution in [2.24, 2.45) is 0 Å². The van der Waals surface area contributed by atoms with Crippen molar-refractivity contribution in [3.8, 4) is 33.4 Å². The van der Waals surface area contributed by atoms with Gasteiger partial charge in [0.25, 0.3) is 0 Å². The molecule has 1 heteroatoms. The molecule has 0 N–H and O–H groups in total. The second kappa shape index (κ2) is 10.2. The number of rotatable bonds is 3. The Bertz CT molecular complexity index is 3230. The summed E-state index contributed by atoms with van der Waals surface area (Å²) in [5, 5.41) is 6.54. The predicted molar refractivity (Wildman–Crippen MR) is 200 cm³/mol. The minimum atomic E-state index is -0.434. The molecule has 0 spiro atoms. The van der Waals surface area contributed by atoms with Crippen LogP contribution in [0.1, 0.15) is 11.0 Å². The summed E-state index contributed by atoms with van der Waals surface area (Å²) in [6, 6.07) is 36.4. The molecular formula is C46H28O. The Kier molecular flexibility index (Phi) is 4.19. The van der Waals surface area contributed by atoms with Crippen LogP contribution in [0.5, 0.6) is 0 Å². The van der Waals surface area contributed by atoms with Crippen LogP contribution >= 0.6 is 0 Å². The number of hydrogen-bond donors (Lipinski definition) is 0. The van der Waals surface area contributed by atoms with Gasteiger partial charge in [0.2, 0.25) is 0 Å². The van der Waals surface area contributed by atoms with Crippen LogP contribution in [0.2, 0.25) is 0 Å². The van der Waals surface area contributed by atoms with Crippen LogP contribution in [0, 0.1) is 0 Å². The Balaban J connectivity index is 1.35. The van der Waals surface area contributed by atoms with Crippen LogP contribution in [0.3, 0.4) is 0 Å². The summed E-state index contributed by atoms with van der Waals surface area (Å²) in [5.74, 6) is 0. The summed E-state index contributed by atoms with van der Waals surface area (Å²) >= 11 is 0. The van der Waals surface area contributed by atoms with E-state index in [4.69, 9.17) is 9.90 Å². The first-order valence-corrected chi connectivity index (χ1v) is 15.5. The maximum Gasteiger partial charge on any atom is 0.136 e. The summed E-state index contributed by atoms with van der Waals surface area (Å²) in [6.07, 6.45) is 0. The molecule has 0 aliphatic carbocycles. The first-order valence-electron chi connectivity index (χ1n) is 19.5. The molecule has 0 amide bonds. The number of benzene rings is 9. The summed E-state index contributed by atoms with van der Waals surface area (Å²) in [6.45, 7) is 0. The van der Waals surface area contributed by atoms with E-state index in [0.29, 0.717) is 33.4 Å². The van der Waals surface area contributed by atoms with Gasteiger partial charge in [-0.05, 0) is 113 Å². The molecular weight excluding hydrogens is 569 g/mol. The summed E-state index contributed by atoms with van der Waals surface area (Å²) in [4.78, 5) is 0. The van der Waals surface area contributed by atoms with Crippen LogP contribution in [0.15, 0.2) is 174 Å². The molecule has 0 saturated carbocycles. The molecule has 0 saturated heterocycles. The highest BCUT2D eigenvalue weighted by Gasteiger charge is 2.18. The zero-order valence-electron chi connectivity index (χ0n) is 33.0. The van der Waals surface area contributed by atoms with E-state index in [1.807, 2.05) is 103 Å². The fourth-order valence-electron chi connectivity index (χ4n) is 7.04. The molecule has 0 radical (unpaired) electrons. The third kappa shape index (κ3) is 4.10. The van der Waals surface area contributed by atoms with Crippen molar-refractivity contribution in [1.82, 2.24) is 0 Å². The van der Waals surface area contributed by atoms with Crippen molar-refractivity contribution in [1.29, 1.82) is 0 Å². The van der Waals surface area contributed by atoms with Crippen molar-refractivity contribution >= 4 is 65.0 Å². The van der Waals surface area contributed by atoms with Gasteiger partial charge < -0.3 is 4.42 Å². The van der Waals surface area contributed by atoms with E-state index in [9.17, 15) is 5.48 Å². The van der Waals surface area contributed by atoms with Crippen molar-refractivity contribution < 1.29 is 15.4 Å². The lowest BCUT2D eigenvalue weighted by Gasteiger charge is -2.18. The average Bonchev–Trinajstić information content (AvgIpc) is 3.57. The molecule has 1 nitrogen and oxygen atoms in total. The first-order chi connectivity index (χ1) is 26.6. The molecule has 9 aromatic carbocycles. The largest absolute Gasteiger partial charge is 0.456 e. The fourth-order valence-corrected chi connectivity index (χ4v) is 7.04. The minimum absolute atomic E-state index is 0.173. The van der Waals surface area contributed by atoms with Crippen LogP contribution < -0.4 is 0 Å². The van der Waals surface area contributed by atoms with Crippen molar-refractivity contribution in [2.75, 3.05) is 0 Å². The zero-order chi connectivity index (χ0) is 37.9. The molecule has 0 atom stereocenters. The van der Waals surface area contributed by atoms with Gasteiger partial charge in [0.1, 0.15) is 11.2 Å². The quantitative estimate of drug-likeness (QED) is 0.183. The molecule has 10 aromatic rings. The van der Waals surface area contributed by atoms with E-state index in [1.165, 1.54) is 0 Å². The van der Waals surface area contributed by atoms with E-state index >= 15 is 0 Å². The Morgan fingerprint density at radius 3 is 1.53 bits per heavy atom. The van der Waals surface area contributed by atoms with Gasteiger partial charge in [0.15, 0.2) is 0 Å². The van der Waals surface area contributed by atoms with E-state index in [-0.39, 0.29) is 45.7 Å². The molecule has 0 bridgehead atoms. The van der Waals surface area contributed by atoms with E-state index < -0.39 is 24.2 Å². The first kappa shape index (κ1) is 19.4. The molecule has 47 heavy (non-hydrogen) atoms. The number of fused-ring (bicyclic) bond motifs is 7. The van der Waals surface area contributed by atoms with Crippen LogP contribution in [0.4, 0.5) is 0 Å². The maximum atomic E-state index is 9.38. The highest BCUT2D eigenvalue weighted by atomic mass is 16.3. The SMILES string of the molecule is [2H]c1c([2H])c([2H])c2c(-c3ccc4oc5cc6ccccc6cc5c4c3)c3c([2H])c([2H])c([2H])c([2H])c3c(-c3cccc(-c4ccc5ccccc5c4)c3)c2c1[2H]. The lowest BCUT2D eigenvalue weighted by Crippen LogP contribution is -1.91. The molecule has 0 fully saturated rings. The Morgan fingerprint density at radius 2 is 0.851 bits per heavy atom. The van der Waals surface area contributed by atoms with Gasteiger partial charge in [0.05, 0.1) is 11.0 Å². The molecule has 1 aromatic heterocycles. The monoisotopic (exact) mass is 604 g/mol. The fraction of sp³-hybridized carbons (Fsp3) is 0. The molecule has 0 aliphatic rings. The number of hydrogen-bond acceptors (Lipinski definition) is 1. The summed E-state index contributed by atoms with van der Waals surface area (Å²) in [7, 11) is 0. The van der Waals surface area contributed by atoms with Crippen LogP contribution in [0.25, 0.3) is 98.4 Å². The Morgan fingerprint density at radius 1 is 0.340 bits per heavy atom. The van der Waals surface area contributed by atoms with Gasteiger partial charge in [-0.25, -0.2) is 0 Å². The van der Waals surface area contributed by atoms with Gasteiger partial charge in [0, 0.05) is 10.8 Å². The maximum absolute atomic E-state index is 9.38. The smallest absolute Gasteiger partial charge is 0.136 e. The van der Waals surface area contributed by atoms with Gasteiger partial charge >= 0.3 is 0 Å². The van der Waals surface area contributed by atoms with Crippen molar-refractivity contribution in [2.45, 2.75) is 0 Å². The molecule has 10 rings (SSSR count). The normalized spacial score (nSPS) is 14.2. The molecule has 218 valence electrons. The highest BCUT2D eigenvalue weighted by molar-refractivity contribution is 6.22. The van der Waals surface area contributed by atoms with Gasteiger partial charge in [-0.3, -0.25) is 0 Å². The van der Waals surface area contributed by atoms with Gasteiger partial charge in [-0.1, -0.05) is 133 Å². The van der Waals surface area contributed by atoms with Crippen LogP contribution in [-0.2, 0) is 0 Å². The second-order valence-corrected chi connectivity index (χ2v) is 11.9. The van der Waals surface area contributed by atoms with E-state index in [2.05, 4.69) is 12.1 Å². The molecule has 0 aliphatic heterocycles. The average molecular weight is 605 g/mol. The third-order valence-corrected chi connectivity index (χ3v) is 9.24. The van der Waals surface area contributed by atoms with Gasteiger partial charge in [-0.2, -0.15) is 0 Å². The molecule has 1 heterocycles. The van der Waals surface area contributed by atoms with E-state index in [1.54, 1.807) is 6.07 Å². The lowest BCUT2D eigenvalue weighted by molar-refractivity contribution is 0.669. The van der Waals surface area contributed by atoms with Crippen molar-refractivity contribution in [3.05, 3.63) is 170 Å². The minimum Gasteiger partial charge on any atom is -0.456 e. The zero-order valence-corrected chi connectivity index (χ0v) is 25.0. The lowest BCUT2D eigenvalue weighted by atomic mass is 9.85.